The Bertz CT molecular complexity index is 266. The number of hydrogen-bond acceptors (Lipinski definition) is 3. The number of hydrogen-bond donors (Lipinski definition) is 2. The number of ether oxygens (including phenoxy) is 1. The number of carboxylic acid groups (broad SMARTS) is 1. The minimum absolute atomic E-state index is 0.0341. The molecule has 0 spiro atoms. The molecule has 2 aliphatic rings. The number of carbonyl (C=O) groups excluding carboxylic acids is 1. The summed E-state index contributed by atoms with van der Waals surface area (Å²) in [6.45, 7) is 0.484. The number of amides is 1. The van der Waals surface area contributed by atoms with E-state index in [1.54, 1.807) is 0 Å². The van der Waals surface area contributed by atoms with Crippen LogP contribution in [0, 0.1) is 5.92 Å². The van der Waals surface area contributed by atoms with Gasteiger partial charge < -0.3 is 15.2 Å². The van der Waals surface area contributed by atoms with Crippen molar-refractivity contribution in [3.8, 4) is 0 Å². The van der Waals surface area contributed by atoms with Gasteiger partial charge in [0.1, 0.15) is 0 Å². The number of rotatable bonds is 3. The standard InChI is InChI=1S/C9H13NO4/c11-7(6-1-2-6)10-9(8(12)13)3-4-14-5-9/h6H,1-5H2,(H,10,11)(H,12,13). The van der Waals surface area contributed by atoms with Gasteiger partial charge >= 0.3 is 5.97 Å². The van der Waals surface area contributed by atoms with Gasteiger partial charge in [-0.2, -0.15) is 0 Å². The molecule has 5 nitrogen and oxygen atoms in total. The van der Waals surface area contributed by atoms with Crippen molar-refractivity contribution in [3.63, 3.8) is 0 Å². The first-order valence-corrected chi connectivity index (χ1v) is 4.77. The fraction of sp³-hybridized carbons (Fsp3) is 0.778. The summed E-state index contributed by atoms with van der Waals surface area (Å²) in [5.74, 6) is -1.10. The zero-order chi connectivity index (χ0) is 10.2. The Balaban J connectivity index is 2.03. The Morgan fingerprint density at radius 1 is 1.43 bits per heavy atom. The molecule has 0 bridgehead atoms. The summed E-state index contributed by atoms with van der Waals surface area (Å²) in [4.78, 5) is 22.4. The summed E-state index contributed by atoms with van der Waals surface area (Å²) in [7, 11) is 0. The molecule has 1 aliphatic heterocycles. The van der Waals surface area contributed by atoms with Crippen molar-refractivity contribution in [2.24, 2.45) is 5.92 Å². The molecule has 2 fully saturated rings. The van der Waals surface area contributed by atoms with Crippen LogP contribution in [0.1, 0.15) is 19.3 Å². The molecular weight excluding hydrogens is 186 g/mol. The zero-order valence-corrected chi connectivity index (χ0v) is 7.78. The molecule has 1 aliphatic carbocycles. The summed E-state index contributed by atoms with van der Waals surface area (Å²) in [5, 5.41) is 11.6. The van der Waals surface area contributed by atoms with Gasteiger partial charge in [0.25, 0.3) is 0 Å². The minimum atomic E-state index is -1.17. The van der Waals surface area contributed by atoms with Crippen molar-refractivity contribution in [2.75, 3.05) is 13.2 Å². The van der Waals surface area contributed by atoms with Crippen LogP contribution in [-0.2, 0) is 14.3 Å². The molecule has 1 atom stereocenters. The van der Waals surface area contributed by atoms with Gasteiger partial charge in [-0.05, 0) is 12.8 Å². The molecule has 0 aromatic carbocycles. The van der Waals surface area contributed by atoms with Gasteiger partial charge in [-0.15, -0.1) is 0 Å². The van der Waals surface area contributed by atoms with Crippen molar-refractivity contribution >= 4 is 11.9 Å². The van der Waals surface area contributed by atoms with Gasteiger partial charge in [-0.1, -0.05) is 0 Å². The molecule has 0 radical (unpaired) electrons. The highest BCUT2D eigenvalue weighted by Gasteiger charge is 2.46. The van der Waals surface area contributed by atoms with Crippen molar-refractivity contribution in [1.82, 2.24) is 5.32 Å². The maximum atomic E-state index is 11.4. The lowest BCUT2D eigenvalue weighted by Gasteiger charge is -2.23. The second-order valence-electron chi connectivity index (χ2n) is 3.95. The molecule has 1 saturated carbocycles. The third-order valence-electron chi connectivity index (χ3n) is 2.74. The van der Waals surface area contributed by atoms with Crippen LogP contribution in [0.4, 0.5) is 0 Å². The minimum Gasteiger partial charge on any atom is -0.479 e. The van der Waals surface area contributed by atoms with E-state index in [2.05, 4.69) is 5.32 Å². The third kappa shape index (κ3) is 1.59. The van der Waals surface area contributed by atoms with Crippen LogP contribution in [0.3, 0.4) is 0 Å². The van der Waals surface area contributed by atoms with Gasteiger partial charge in [0, 0.05) is 18.9 Å². The quantitative estimate of drug-likeness (QED) is 0.657. The van der Waals surface area contributed by atoms with Crippen LogP contribution in [0.2, 0.25) is 0 Å². The summed E-state index contributed by atoms with van der Waals surface area (Å²) in [5.41, 5.74) is -1.17. The third-order valence-corrected chi connectivity index (χ3v) is 2.74. The van der Waals surface area contributed by atoms with Crippen molar-refractivity contribution < 1.29 is 19.4 Å². The van der Waals surface area contributed by atoms with Gasteiger partial charge in [-0.3, -0.25) is 4.79 Å². The lowest BCUT2D eigenvalue weighted by atomic mass is 9.99. The van der Waals surface area contributed by atoms with E-state index in [1.807, 2.05) is 0 Å². The molecule has 2 N–H and O–H groups in total. The van der Waals surface area contributed by atoms with Crippen molar-refractivity contribution in [2.45, 2.75) is 24.8 Å². The van der Waals surface area contributed by atoms with Crippen LogP contribution < -0.4 is 5.32 Å². The number of carbonyl (C=O) groups is 2. The van der Waals surface area contributed by atoms with Crippen molar-refractivity contribution in [3.05, 3.63) is 0 Å². The molecule has 0 aromatic heterocycles. The SMILES string of the molecule is O=C(NC1(C(=O)O)CCOC1)C1CC1. The Labute approximate surface area is 81.4 Å². The second-order valence-corrected chi connectivity index (χ2v) is 3.95. The molecule has 1 unspecified atom stereocenters. The maximum Gasteiger partial charge on any atom is 0.331 e. The highest BCUT2D eigenvalue weighted by Crippen LogP contribution is 2.30. The van der Waals surface area contributed by atoms with E-state index in [9.17, 15) is 9.59 Å². The zero-order valence-electron chi connectivity index (χ0n) is 7.78. The first-order chi connectivity index (χ1) is 6.64. The van der Waals surface area contributed by atoms with E-state index in [4.69, 9.17) is 9.84 Å². The number of carboxylic acids is 1. The van der Waals surface area contributed by atoms with Gasteiger partial charge in [0.2, 0.25) is 5.91 Å². The van der Waals surface area contributed by atoms with E-state index in [0.29, 0.717) is 13.0 Å². The van der Waals surface area contributed by atoms with E-state index in [0.717, 1.165) is 12.8 Å². The first-order valence-electron chi connectivity index (χ1n) is 4.77. The van der Waals surface area contributed by atoms with Crippen molar-refractivity contribution in [1.29, 1.82) is 0 Å². The van der Waals surface area contributed by atoms with Crippen LogP contribution in [0.5, 0.6) is 0 Å². The monoisotopic (exact) mass is 199 g/mol. The summed E-state index contributed by atoms with van der Waals surface area (Å²) < 4.78 is 5.03. The summed E-state index contributed by atoms with van der Waals surface area (Å²) >= 11 is 0. The molecule has 1 heterocycles. The molecule has 5 heteroatoms. The normalized spacial score (nSPS) is 31.4. The molecule has 1 saturated heterocycles. The largest absolute Gasteiger partial charge is 0.479 e. The first kappa shape index (κ1) is 9.45. The Kier molecular flexibility index (Phi) is 2.19. The Hall–Kier alpha value is -1.10. The topological polar surface area (TPSA) is 75.6 Å². The average molecular weight is 199 g/mol. The maximum absolute atomic E-state index is 11.4. The number of nitrogens with one attached hydrogen (secondary N) is 1. The van der Waals surface area contributed by atoms with Crippen LogP contribution in [0.15, 0.2) is 0 Å². The number of aliphatic carboxylic acids is 1. The second kappa shape index (κ2) is 3.24. The van der Waals surface area contributed by atoms with Crippen LogP contribution in [-0.4, -0.2) is 35.7 Å². The molecule has 2 rings (SSSR count). The Morgan fingerprint density at radius 3 is 2.57 bits per heavy atom. The average Bonchev–Trinajstić information content (AvgIpc) is 2.88. The lowest BCUT2D eigenvalue weighted by Crippen LogP contribution is -2.55. The predicted molar refractivity (Wildman–Crippen MR) is 46.7 cm³/mol. The van der Waals surface area contributed by atoms with E-state index in [1.165, 1.54) is 0 Å². The van der Waals surface area contributed by atoms with Crippen LogP contribution >= 0.6 is 0 Å². The molecule has 0 aromatic rings. The molecular formula is C9H13NO4. The Morgan fingerprint density at radius 2 is 2.14 bits per heavy atom. The van der Waals surface area contributed by atoms with Gasteiger partial charge in [-0.25, -0.2) is 4.79 Å². The predicted octanol–water partition coefficient (Wildman–Crippen LogP) is -0.244. The van der Waals surface area contributed by atoms with Crippen LogP contribution in [0.25, 0.3) is 0 Å². The van der Waals surface area contributed by atoms with Gasteiger partial charge in [0.05, 0.1) is 6.61 Å². The molecule has 78 valence electrons. The lowest BCUT2D eigenvalue weighted by molar-refractivity contribution is -0.147. The van der Waals surface area contributed by atoms with E-state index in [-0.39, 0.29) is 18.4 Å². The molecule has 1 amide bonds. The smallest absolute Gasteiger partial charge is 0.331 e. The summed E-state index contributed by atoms with van der Waals surface area (Å²) in [6, 6.07) is 0. The summed E-state index contributed by atoms with van der Waals surface area (Å²) in [6.07, 6.45) is 2.12. The highest BCUT2D eigenvalue weighted by atomic mass is 16.5. The molecule has 14 heavy (non-hydrogen) atoms. The highest BCUT2D eigenvalue weighted by molar-refractivity contribution is 5.89. The fourth-order valence-corrected chi connectivity index (χ4v) is 1.57. The van der Waals surface area contributed by atoms with E-state index >= 15 is 0 Å². The fourth-order valence-electron chi connectivity index (χ4n) is 1.57. The van der Waals surface area contributed by atoms with Gasteiger partial charge in [0.15, 0.2) is 5.54 Å². The van der Waals surface area contributed by atoms with E-state index < -0.39 is 11.5 Å².